The maximum absolute atomic E-state index is 12.8. The molecule has 2 aliphatic heterocycles. The molecule has 2 aromatic rings. The van der Waals surface area contributed by atoms with E-state index in [2.05, 4.69) is 15.0 Å². The highest BCUT2D eigenvalue weighted by atomic mass is 16.7. The van der Waals surface area contributed by atoms with Crippen molar-refractivity contribution >= 4 is 11.9 Å². The van der Waals surface area contributed by atoms with E-state index in [1.807, 2.05) is 6.07 Å². The molecular weight excluding hydrogens is 340 g/mol. The molecule has 0 spiro atoms. The second-order valence-electron chi connectivity index (χ2n) is 6.20. The molecule has 1 fully saturated rings. The molecule has 26 heavy (non-hydrogen) atoms. The highest BCUT2D eigenvalue weighted by molar-refractivity contribution is 5.94. The zero-order chi connectivity index (χ0) is 18.1. The summed E-state index contributed by atoms with van der Waals surface area (Å²) in [6.07, 6.45) is 2.30. The van der Waals surface area contributed by atoms with Crippen molar-refractivity contribution in [1.82, 2.24) is 19.9 Å². The van der Waals surface area contributed by atoms with Crippen molar-refractivity contribution in [2.75, 3.05) is 27.0 Å². The Kier molecular flexibility index (Phi) is 4.29. The zero-order valence-corrected chi connectivity index (χ0v) is 14.3. The van der Waals surface area contributed by atoms with Crippen LogP contribution >= 0.6 is 0 Å². The number of hydrogen-bond donors (Lipinski definition) is 0. The highest BCUT2D eigenvalue weighted by Crippen LogP contribution is 2.27. The summed E-state index contributed by atoms with van der Waals surface area (Å²) in [5.41, 5.74) is 1.64. The van der Waals surface area contributed by atoms with Crippen LogP contribution in [0, 0.1) is 0 Å². The quantitative estimate of drug-likeness (QED) is 0.756. The highest BCUT2D eigenvalue weighted by Gasteiger charge is 2.30. The van der Waals surface area contributed by atoms with E-state index in [0.29, 0.717) is 25.3 Å². The Balaban J connectivity index is 1.46. The van der Waals surface area contributed by atoms with Crippen LogP contribution in [0.15, 0.2) is 24.4 Å². The molecule has 4 rings (SSSR count). The van der Waals surface area contributed by atoms with E-state index in [4.69, 9.17) is 9.47 Å². The van der Waals surface area contributed by atoms with Gasteiger partial charge in [0.05, 0.1) is 26.0 Å². The Hall–Kier alpha value is -2.94. The van der Waals surface area contributed by atoms with Gasteiger partial charge in [0.25, 0.3) is 5.91 Å². The van der Waals surface area contributed by atoms with E-state index in [9.17, 15) is 9.59 Å². The Morgan fingerprint density at radius 3 is 3.08 bits per heavy atom. The van der Waals surface area contributed by atoms with Crippen molar-refractivity contribution in [1.29, 1.82) is 0 Å². The van der Waals surface area contributed by atoms with E-state index < -0.39 is 5.97 Å². The molecular formula is C17H18N4O5. The third-order valence-electron chi connectivity index (χ3n) is 4.59. The number of benzene rings is 1. The molecule has 3 heterocycles. The van der Waals surface area contributed by atoms with Gasteiger partial charge in [0.2, 0.25) is 0 Å². The fourth-order valence-corrected chi connectivity index (χ4v) is 3.20. The first-order valence-electron chi connectivity index (χ1n) is 8.28. The van der Waals surface area contributed by atoms with Gasteiger partial charge in [-0.25, -0.2) is 9.48 Å². The molecule has 1 aromatic carbocycles. The van der Waals surface area contributed by atoms with Gasteiger partial charge in [-0.1, -0.05) is 5.21 Å². The van der Waals surface area contributed by atoms with Crippen molar-refractivity contribution in [3.8, 4) is 5.75 Å². The number of rotatable bonds is 3. The number of hydrogen-bond acceptors (Lipinski definition) is 7. The molecule has 136 valence electrons. The maximum atomic E-state index is 12.8. The molecule has 0 N–H and O–H groups in total. The minimum atomic E-state index is -0.527. The van der Waals surface area contributed by atoms with E-state index in [-0.39, 0.29) is 24.4 Å². The standard InChI is InChI=1S/C17H18N4O5/c1-24-17(23)14-8-21(19-18-14)13-4-5-20(7-13)16(22)11-2-3-15-12(6-11)9-25-10-26-15/h2-3,6,8,13H,4-5,7,9-10H2,1H3/t13-/m0/s1. The van der Waals surface area contributed by atoms with Gasteiger partial charge >= 0.3 is 5.97 Å². The number of esters is 1. The molecule has 0 aliphatic carbocycles. The van der Waals surface area contributed by atoms with E-state index in [1.54, 1.807) is 27.9 Å². The lowest BCUT2D eigenvalue weighted by atomic mass is 10.1. The first-order chi connectivity index (χ1) is 12.7. The van der Waals surface area contributed by atoms with Gasteiger partial charge in [0.15, 0.2) is 12.5 Å². The molecule has 0 saturated carbocycles. The third kappa shape index (κ3) is 3.01. The van der Waals surface area contributed by atoms with Crippen LogP contribution in [0.25, 0.3) is 0 Å². The van der Waals surface area contributed by atoms with E-state index >= 15 is 0 Å². The summed E-state index contributed by atoms with van der Waals surface area (Å²) < 4.78 is 16.9. The number of fused-ring (bicyclic) bond motifs is 1. The lowest BCUT2D eigenvalue weighted by molar-refractivity contribution is -0.0164. The smallest absolute Gasteiger partial charge is 0.360 e. The number of carbonyl (C=O) groups excluding carboxylic acids is 2. The SMILES string of the molecule is COC(=O)c1cn([C@H]2CCN(C(=O)c3ccc4c(c3)COCO4)C2)nn1. The first-order valence-corrected chi connectivity index (χ1v) is 8.28. The van der Waals surface area contributed by atoms with E-state index in [0.717, 1.165) is 17.7 Å². The normalized spacial score (nSPS) is 19.0. The van der Waals surface area contributed by atoms with Crippen molar-refractivity contribution in [3.63, 3.8) is 0 Å². The topological polar surface area (TPSA) is 95.8 Å². The number of ether oxygens (including phenoxy) is 3. The predicted molar refractivity (Wildman–Crippen MR) is 87.6 cm³/mol. The van der Waals surface area contributed by atoms with Crippen LogP contribution in [0.5, 0.6) is 5.75 Å². The summed E-state index contributed by atoms with van der Waals surface area (Å²) in [6.45, 7) is 1.79. The second-order valence-corrected chi connectivity index (χ2v) is 6.20. The Labute approximate surface area is 149 Å². The van der Waals surface area contributed by atoms with Crippen LogP contribution in [0.3, 0.4) is 0 Å². The molecule has 0 radical (unpaired) electrons. The summed E-state index contributed by atoms with van der Waals surface area (Å²) in [7, 11) is 1.30. The predicted octanol–water partition coefficient (Wildman–Crippen LogP) is 1.02. The van der Waals surface area contributed by atoms with E-state index in [1.165, 1.54) is 7.11 Å². The third-order valence-corrected chi connectivity index (χ3v) is 4.59. The number of carbonyl (C=O) groups is 2. The van der Waals surface area contributed by atoms with Gasteiger partial charge in [-0.15, -0.1) is 5.10 Å². The van der Waals surface area contributed by atoms with Crippen LogP contribution in [0.4, 0.5) is 0 Å². The van der Waals surface area contributed by atoms with Gasteiger partial charge in [-0.3, -0.25) is 4.79 Å². The van der Waals surface area contributed by atoms with Crippen LogP contribution in [-0.2, 0) is 16.1 Å². The van der Waals surface area contributed by atoms with Crippen LogP contribution < -0.4 is 4.74 Å². The fraction of sp³-hybridized carbons (Fsp3) is 0.412. The summed E-state index contributed by atoms with van der Waals surface area (Å²) in [5, 5.41) is 7.80. The molecule has 1 saturated heterocycles. The van der Waals surface area contributed by atoms with Gasteiger partial charge in [-0.05, 0) is 24.6 Å². The molecule has 9 nitrogen and oxygen atoms in total. The van der Waals surface area contributed by atoms with Gasteiger partial charge in [-0.2, -0.15) is 0 Å². The van der Waals surface area contributed by atoms with Gasteiger partial charge in [0, 0.05) is 24.2 Å². The Morgan fingerprint density at radius 1 is 1.35 bits per heavy atom. The molecule has 2 aliphatic rings. The molecule has 0 bridgehead atoms. The second kappa shape index (κ2) is 6.75. The monoisotopic (exact) mass is 358 g/mol. The average molecular weight is 358 g/mol. The minimum Gasteiger partial charge on any atom is -0.467 e. The summed E-state index contributed by atoms with van der Waals surface area (Å²) in [4.78, 5) is 26.1. The van der Waals surface area contributed by atoms with Gasteiger partial charge < -0.3 is 19.1 Å². The molecule has 1 aromatic heterocycles. The summed E-state index contributed by atoms with van der Waals surface area (Å²) in [6, 6.07) is 5.37. The maximum Gasteiger partial charge on any atom is 0.360 e. The lowest BCUT2D eigenvalue weighted by Gasteiger charge is -2.20. The Bertz CT molecular complexity index is 849. The molecule has 1 atom stereocenters. The Morgan fingerprint density at radius 2 is 2.23 bits per heavy atom. The summed E-state index contributed by atoms with van der Waals surface area (Å²) in [5.74, 6) is 0.180. The number of amides is 1. The number of methoxy groups -OCH3 is 1. The van der Waals surface area contributed by atoms with Crippen LogP contribution in [-0.4, -0.2) is 58.8 Å². The number of likely N-dealkylation sites (tertiary alicyclic amines) is 1. The average Bonchev–Trinajstić information content (AvgIpc) is 3.36. The first kappa shape index (κ1) is 16.5. The largest absolute Gasteiger partial charge is 0.467 e. The number of aromatic nitrogens is 3. The van der Waals surface area contributed by atoms with Crippen LogP contribution in [0.1, 0.15) is 38.9 Å². The summed E-state index contributed by atoms with van der Waals surface area (Å²) >= 11 is 0. The zero-order valence-electron chi connectivity index (χ0n) is 14.3. The molecule has 1 amide bonds. The van der Waals surface area contributed by atoms with Crippen LogP contribution in [0.2, 0.25) is 0 Å². The number of nitrogens with zero attached hydrogens (tertiary/aromatic N) is 4. The lowest BCUT2D eigenvalue weighted by Crippen LogP contribution is -2.29. The van der Waals surface area contributed by atoms with Crippen molar-refractivity contribution in [2.24, 2.45) is 0 Å². The fourth-order valence-electron chi connectivity index (χ4n) is 3.20. The van der Waals surface area contributed by atoms with Crippen molar-refractivity contribution in [2.45, 2.75) is 19.1 Å². The van der Waals surface area contributed by atoms with Gasteiger partial charge in [0.1, 0.15) is 5.75 Å². The molecule has 9 heteroatoms. The van der Waals surface area contributed by atoms with Crippen molar-refractivity contribution in [3.05, 3.63) is 41.2 Å². The minimum absolute atomic E-state index is 0.0193. The molecule has 0 unspecified atom stereocenters. The van der Waals surface area contributed by atoms with Crippen molar-refractivity contribution < 1.29 is 23.8 Å².